The molecule has 0 aromatic rings. The van der Waals surface area contributed by atoms with Crippen molar-refractivity contribution < 1.29 is 19.1 Å². The quantitative estimate of drug-likeness (QED) is 0.239. The average molecular weight is 200 g/mol. The Labute approximate surface area is 80.8 Å². The number of nitrogens with one attached hydrogen (secondary N) is 1. The molecule has 0 bridgehead atoms. The molecule has 1 rings (SSSR count). The Balaban J connectivity index is 2.34. The van der Waals surface area contributed by atoms with E-state index >= 15 is 0 Å². The monoisotopic (exact) mass is 200 g/mol. The van der Waals surface area contributed by atoms with Crippen LogP contribution in [0.1, 0.15) is 19.3 Å². The van der Waals surface area contributed by atoms with Crippen LogP contribution in [0, 0.1) is 0 Å². The largest absolute Gasteiger partial charge is 0.395 e. The first-order valence-electron chi connectivity index (χ1n) is 4.24. The van der Waals surface area contributed by atoms with E-state index in [1.807, 2.05) is 0 Å². The van der Waals surface area contributed by atoms with Gasteiger partial charge in [0.05, 0.1) is 18.1 Å². The van der Waals surface area contributed by atoms with E-state index in [2.05, 4.69) is 10.1 Å². The number of aldehydes is 1. The lowest BCUT2D eigenvalue weighted by Gasteiger charge is -2.16. The lowest BCUT2D eigenvalue weighted by atomic mass is 10.2. The van der Waals surface area contributed by atoms with Gasteiger partial charge in [0.25, 0.3) is 0 Å². The summed E-state index contributed by atoms with van der Waals surface area (Å²) in [6.45, 7) is 0.0412. The number of ether oxygens (including phenoxy) is 1. The third kappa shape index (κ3) is 3.23. The highest BCUT2D eigenvalue weighted by atomic mass is 16.6. The molecule has 1 atom stereocenters. The molecule has 14 heavy (non-hydrogen) atoms. The normalized spacial score (nSPS) is 19.5. The van der Waals surface area contributed by atoms with Gasteiger partial charge >= 0.3 is 12.4 Å². The van der Waals surface area contributed by atoms with Crippen molar-refractivity contribution in [2.45, 2.75) is 31.0 Å². The predicted molar refractivity (Wildman–Crippen MR) is 45.9 cm³/mol. The maximum Gasteiger partial charge on any atom is 0.315 e. The fourth-order valence-electron chi connectivity index (χ4n) is 1.06. The SMILES string of the molecule is NC1(N[C@H](C=O)CC(=O)OC=O)CC1. The summed E-state index contributed by atoms with van der Waals surface area (Å²) in [4.78, 5) is 31.2. The summed E-state index contributed by atoms with van der Waals surface area (Å²) in [5.74, 6) is -0.742. The lowest BCUT2D eigenvalue weighted by Crippen LogP contribution is -2.48. The third-order valence-electron chi connectivity index (χ3n) is 1.99. The molecule has 1 aliphatic carbocycles. The fourth-order valence-corrected chi connectivity index (χ4v) is 1.06. The first kappa shape index (κ1) is 10.8. The van der Waals surface area contributed by atoms with Crippen LogP contribution < -0.4 is 11.1 Å². The molecule has 0 unspecified atom stereocenters. The van der Waals surface area contributed by atoms with E-state index in [0.717, 1.165) is 12.8 Å². The second-order valence-electron chi connectivity index (χ2n) is 3.33. The molecule has 6 nitrogen and oxygen atoms in total. The van der Waals surface area contributed by atoms with Crippen molar-refractivity contribution >= 4 is 18.7 Å². The molecule has 78 valence electrons. The highest BCUT2D eigenvalue weighted by Crippen LogP contribution is 2.29. The molecule has 0 aromatic heterocycles. The van der Waals surface area contributed by atoms with E-state index < -0.39 is 17.7 Å². The number of hydrogen-bond acceptors (Lipinski definition) is 6. The van der Waals surface area contributed by atoms with Crippen LogP contribution in [-0.2, 0) is 19.1 Å². The molecule has 0 radical (unpaired) electrons. The first-order valence-corrected chi connectivity index (χ1v) is 4.24. The highest BCUT2D eigenvalue weighted by molar-refractivity contribution is 5.80. The van der Waals surface area contributed by atoms with Crippen LogP contribution in [0.4, 0.5) is 0 Å². The zero-order chi connectivity index (χ0) is 10.6. The van der Waals surface area contributed by atoms with Gasteiger partial charge in [-0.25, -0.2) is 0 Å². The smallest absolute Gasteiger partial charge is 0.315 e. The summed E-state index contributed by atoms with van der Waals surface area (Å²) in [6, 6.07) is -0.685. The molecule has 1 saturated carbocycles. The van der Waals surface area contributed by atoms with Gasteiger partial charge in [-0.05, 0) is 12.8 Å². The molecule has 0 spiro atoms. The zero-order valence-corrected chi connectivity index (χ0v) is 7.56. The molecule has 0 heterocycles. The molecule has 6 heteroatoms. The van der Waals surface area contributed by atoms with Gasteiger partial charge < -0.3 is 15.3 Å². The van der Waals surface area contributed by atoms with Crippen molar-refractivity contribution in [2.75, 3.05) is 0 Å². The molecular formula is C8H12N2O4. The van der Waals surface area contributed by atoms with Gasteiger partial charge in [-0.1, -0.05) is 0 Å². The molecule has 0 aromatic carbocycles. The summed E-state index contributed by atoms with van der Waals surface area (Å²) in [6.07, 6.45) is 1.96. The van der Waals surface area contributed by atoms with Gasteiger partial charge in [0, 0.05) is 0 Å². The van der Waals surface area contributed by atoms with E-state index in [9.17, 15) is 14.4 Å². The van der Waals surface area contributed by atoms with Crippen LogP contribution in [0.15, 0.2) is 0 Å². The number of hydrogen-bond donors (Lipinski definition) is 2. The third-order valence-corrected chi connectivity index (χ3v) is 1.99. The molecular weight excluding hydrogens is 188 g/mol. The van der Waals surface area contributed by atoms with Gasteiger partial charge in [-0.3, -0.25) is 14.9 Å². The van der Waals surface area contributed by atoms with Crippen molar-refractivity contribution in [3.8, 4) is 0 Å². The van der Waals surface area contributed by atoms with Gasteiger partial charge in [0.15, 0.2) is 0 Å². The van der Waals surface area contributed by atoms with Crippen molar-refractivity contribution in [1.82, 2.24) is 5.32 Å². The van der Waals surface area contributed by atoms with E-state index in [0.29, 0.717) is 6.29 Å². The van der Waals surface area contributed by atoms with Gasteiger partial charge in [0.2, 0.25) is 0 Å². The number of esters is 1. The van der Waals surface area contributed by atoms with Crippen LogP contribution in [0.2, 0.25) is 0 Å². The standard InChI is InChI=1S/C8H12N2O4/c9-8(1-2-8)10-6(4-11)3-7(13)14-5-12/h4-6,10H,1-3,9H2/t6-/m0/s1. The lowest BCUT2D eigenvalue weighted by molar-refractivity contribution is -0.152. The Hall–Kier alpha value is -1.27. The van der Waals surface area contributed by atoms with E-state index in [4.69, 9.17) is 5.73 Å². The van der Waals surface area contributed by atoms with Gasteiger partial charge in [-0.15, -0.1) is 0 Å². The molecule has 0 aliphatic heterocycles. The number of rotatable bonds is 6. The van der Waals surface area contributed by atoms with Gasteiger partial charge in [0.1, 0.15) is 6.29 Å². The number of nitrogens with two attached hydrogens (primary N) is 1. The van der Waals surface area contributed by atoms with Crippen molar-refractivity contribution in [1.29, 1.82) is 0 Å². The predicted octanol–water partition coefficient (Wildman–Crippen LogP) is -1.32. The summed E-state index contributed by atoms with van der Waals surface area (Å²) in [5.41, 5.74) is 5.16. The summed E-state index contributed by atoms with van der Waals surface area (Å²) >= 11 is 0. The fraction of sp³-hybridized carbons (Fsp3) is 0.625. The minimum atomic E-state index is -0.742. The molecule has 0 amide bonds. The Morgan fingerprint density at radius 2 is 2.21 bits per heavy atom. The Kier molecular flexibility index (Phi) is 3.32. The zero-order valence-electron chi connectivity index (χ0n) is 7.56. The van der Waals surface area contributed by atoms with E-state index in [1.165, 1.54) is 0 Å². The van der Waals surface area contributed by atoms with Crippen molar-refractivity contribution in [3.05, 3.63) is 0 Å². The van der Waals surface area contributed by atoms with Crippen molar-refractivity contribution in [2.24, 2.45) is 5.73 Å². The number of carbonyl (C=O) groups is 3. The van der Waals surface area contributed by atoms with Crippen molar-refractivity contribution in [3.63, 3.8) is 0 Å². The number of carbonyl (C=O) groups excluding carboxylic acids is 3. The summed E-state index contributed by atoms with van der Waals surface area (Å²) in [7, 11) is 0. The minimum Gasteiger partial charge on any atom is -0.395 e. The molecule has 1 fully saturated rings. The van der Waals surface area contributed by atoms with E-state index in [-0.39, 0.29) is 12.9 Å². The minimum absolute atomic E-state index is 0.0412. The maximum atomic E-state index is 10.8. The Morgan fingerprint density at radius 1 is 1.57 bits per heavy atom. The van der Waals surface area contributed by atoms with Crippen LogP contribution in [-0.4, -0.2) is 30.4 Å². The molecule has 0 saturated heterocycles. The van der Waals surface area contributed by atoms with Crippen LogP contribution in [0.5, 0.6) is 0 Å². The summed E-state index contributed by atoms with van der Waals surface area (Å²) in [5, 5.41) is 2.80. The van der Waals surface area contributed by atoms with Crippen LogP contribution in [0.25, 0.3) is 0 Å². The topological polar surface area (TPSA) is 98.5 Å². The second-order valence-corrected chi connectivity index (χ2v) is 3.33. The molecule has 3 N–H and O–H groups in total. The maximum absolute atomic E-state index is 10.8. The van der Waals surface area contributed by atoms with Crippen LogP contribution >= 0.6 is 0 Å². The van der Waals surface area contributed by atoms with E-state index in [1.54, 1.807) is 0 Å². The highest BCUT2D eigenvalue weighted by Gasteiger charge is 2.40. The molecule has 1 aliphatic rings. The Bertz CT molecular complexity index is 250. The first-order chi connectivity index (χ1) is 6.59. The summed E-state index contributed by atoms with van der Waals surface area (Å²) < 4.78 is 4.05. The van der Waals surface area contributed by atoms with Gasteiger partial charge in [-0.2, -0.15) is 0 Å². The van der Waals surface area contributed by atoms with Crippen LogP contribution in [0.3, 0.4) is 0 Å². The second kappa shape index (κ2) is 4.30. The Morgan fingerprint density at radius 3 is 2.64 bits per heavy atom. The average Bonchev–Trinajstić information content (AvgIpc) is 2.83.